The monoisotopic (exact) mass is 288 g/mol. The van der Waals surface area contributed by atoms with Crippen molar-refractivity contribution in [1.82, 2.24) is 0 Å². The minimum absolute atomic E-state index is 0.531. The maximum absolute atomic E-state index is 11.2. The maximum atomic E-state index is 11.2. The van der Waals surface area contributed by atoms with E-state index in [1.165, 1.54) is 0 Å². The van der Waals surface area contributed by atoms with Crippen molar-refractivity contribution in [2.24, 2.45) is 10.8 Å². The van der Waals surface area contributed by atoms with Gasteiger partial charge in [0.1, 0.15) is 0 Å². The van der Waals surface area contributed by atoms with Crippen LogP contribution in [0.4, 0.5) is 0 Å². The summed E-state index contributed by atoms with van der Waals surface area (Å²) in [6.07, 6.45) is 2.38. The molecule has 2 unspecified atom stereocenters. The molecule has 0 fully saturated rings. The van der Waals surface area contributed by atoms with Gasteiger partial charge in [0.05, 0.1) is 18.3 Å². The van der Waals surface area contributed by atoms with Crippen molar-refractivity contribution in [3.05, 3.63) is 0 Å². The van der Waals surface area contributed by atoms with E-state index in [9.17, 15) is 15.3 Å². The van der Waals surface area contributed by atoms with E-state index in [4.69, 9.17) is 0 Å². The molecule has 122 valence electrons. The van der Waals surface area contributed by atoms with Crippen LogP contribution in [-0.4, -0.2) is 33.6 Å². The van der Waals surface area contributed by atoms with Gasteiger partial charge in [-0.25, -0.2) is 0 Å². The van der Waals surface area contributed by atoms with Gasteiger partial charge >= 0.3 is 0 Å². The number of hydrogen-bond donors (Lipinski definition) is 3. The van der Waals surface area contributed by atoms with E-state index in [1.807, 2.05) is 41.5 Å². The van der Waals surface area contributed by atoms with Crippen molar-refractivity contribution in [3.8, 4) is 0 Å². The SMILES string of the molecule is CCC(O)C(CC)(CC)C(O)C(CC)(CC)C(O)CC. The average molecular weight is 288 g/mol. The molecule has 0 aromatic heterocycles. The lowest BCUT2D eigenvalue weighted by molar-refractivity contribution is -0.171. The molecular weight excluding hydrogens is 252 g/mol. The van der Waals surface area contributed by atoms with Crippen LogP contribution in [0.2, 0.25) is 0 Å². The van der Waals surface area contributed by atoms with E-state index in [1.54, 1.807) is 0 Å². The highest BCUT2D eigenvalue weighted by Gasteiger charge is 2.52. The molecule has 0 saturated heterocycles. The predicted molar refractivity (Wildman–Crippen MR) is 84.6 cm³/mol. The summed E-state index contributed by atoms with van der Waals surface area (Å²) in [5.41, 5.74) is -1.06. The van der Waals surface area contributed by atoms with Crippen molar-refractivity contribution in [1.29, 1.82) is 0 Å². The van der Waals surface area contributed by atoms with E-state index in [2.05, 4.69) is 0 Å². The van der Waals surface area contributed by atoms with Crippen LogP contribution in [0.15, 0.2) is 0 Å². The molecule has 20 heavy (non-hydrogen) atoms. The second-order valence-corrected chi connectivity index (χ2v) is 6.13. The van der Waals surface area contributed by atoms with Crippen molar-refractivity contribution < 1.29 is 15.3 Å². The van der Waals surface area contributed by atoms with E-state index in [-0.39, 0.29) is 0 Å². The third kappa shape index (κ3) is 3.20. The highest BCUT2D eigenvalue weighted by atomic mass is 16.3. The van der Waals surface area contributed by atoms with Crippen LogP contribution in [0, 0.1) is 10.8 Å². The third-order valence-electron chi connectivity index (χ3n) is 5.82. The quantitative estimate of drug-likeness (QED) is 0.576. The lowest BCUT2D eigenvalue weighted by Gasteiger charge is -2.51. The zero-order valence-corrected chi connectivity index (χ0v) is 14.3. The largest absolute Gasteiger partial charge is 0.392 e. The molecule has 0 heterocycles. The molecule has 0 aromatic rings. The first-order valence-electron chi connectivity index (χ1n) is 8.40. The summed E-state index contributed by atoms with van der Waals surface area (Å²) in [5, 5.41) is 32.2. The maximum Gasteiger partial charge on any atom is 0.0701 e. The summed E-state index contributed by atoms with van der Waals surface area (Å²) in [4.78, 5) is 0. The topological polar surface area (TPSA) is 60.7 Å². The Morgan fingerprint density at radius 2 is 0.850 bits per heavy atom. The summed E-state index contributed by atoms with van der Waals surface area (Å²) in [6.45, 7) is 12.0. The van der Waals surface area contributed by atoms with E-state index in [0.717, 1.165) is 25.7 Å². The molecule has 0 aliphatic carbocycles. The minimum atomic E-state index is -0.690. The third-order valence-corrected chi connectivity index (χ3v) is 5.82. The molecule has 3 heteroatoms. The van der Waals surface area contributed by atoms with E-state index in [0.29, 0.717) is 12.8 Å². The van der Waals surface area contributed by atoms with Crippen LogP contribution in [0.1, 0.15) is 80.1 Å². The van der Waals surface area contributed by atoms with Crippen LogP contribution in [0.25, 0.3) is 0 Å². The minimum Gasteiger partial charge on any atom is -0.392 e. The zero-order chi connectivity index (χ0) is 16.0. The molecular formula is C17H36O3. The molecule has 3 nitrogen and oxygen atoms in total. The van der Waals surface area contributed by atoms with Gasteiger partial charge in [0.25, 0.3) is 0 Å². The highest BCUT2D eigenvalue weighted by Crippen LogP contribution is 2.48. The number of rotatable bonds is 10. The summed E-state index contributed by atoms with van der Waals surface area (Å²) >= 11 is 0. The van der Waals surface area contributed by atoms with Crippen molar-refractivity contribution in [2.45, 2.75) is 98.4 Å². The molecule has 0 aliphatic rings. The highest BCUT2D eigenvalue weighted by molar-refractivity contribution is 5.02. The summed E-state index contributed by atoms with van der Waals surface area (Å²) in [5.74, 6) is 0. The normalized spacial score (nSPS) is 17.9. The first-order chi connectivity index (χ1) is 9.36. The van der Waals surface area contributed by atoms with Crippen LogP contribution < -0.4 is 0 Å². The van der Waals surface area contributed by atoms with Crippen molar-refractivity contribution >= 4 is 0 Å². The van der Waals surface area contributed by atoms with Crippen molar-refractivity contribution in [2.75, 3.05) is 0 Å². The Hall–Kier alpha value is -0.120. The molecule has 0 bridgehead atoms. The van der Waals surface area contributed by atoms with Crippen LogP contribution in [-0.2, 0) is 0 Å². The Morgan fingerprint density at radius 1 is 0.600 bits per heavy atom. The molecule has 0 saturated carbocycles. The smallest absolute Gasteiger partial charge is 0.0701 e. The fourth-order valence-corrected chi connectivity index (χ4v) is 3.97. The molecule has 2 atom stereocenters. The van der Waals surface area contributed by atoms with Crippen LogP contribution >= 0.6 is 0 Å². The predicted octanol–water partition coefficient (Wildman–Crippen LogP) is 3.50. The first kappa shape index (κ1) is 19.9. The van der Waals surface area contributed by atoms with Gasteiger partial charge in [-0.2, -0.15) is 0 Å². The Kier molecular flexibility index (Phi) is 8.30. The van der Waals surface area contributed by atoms with Gasteiger partial charge in [-0.15, -0.1) is 0 Å². The van der Waals surface area contributed by atoms with Crippen LogP contribution in [0.3, 0.4) is 0 Å². The van der Waals surface area contributed by atoms with Gasteiger partial charge in [-0.3, -0.25) is 0 Å². The fraction of sp³-hybridized carbons (Fsp3) is 1.00. The Labute approximate surface area is 125 Å². The lowest BCUT2D eigenvalue weighted by Crippen LogP contribution is -2.56. The van der Waals surface area contributed by atoms with Gasteiger partial charge < -0.3 is 15.3 Å². The van der Waals surface area contributed by atoms with Gasteiger partial charge in [0.15, 0.2) is 0 Å². The molecule has 0 aromatic carbocycles. The fourth-order valence-electron chi connectivity index (χ4n) is 3.97. The van der Waals surface area contributed by atoms with Gasteiger partial charge in [-0.05, 0) is 38.5 Å². The molecule has 0 aliphatic heterocycles. The second-order valence-electron chi connectivity index (χ2n) is 6.13. The molecule has 3 N–H and O–H groups in total. The molecule has 0 amide bonds. The van der Waals surface area contributed by atoms with E-state index < -0.39 is 29.1 Å². The molecule has 0 spiro atoms. The Morgan fingerprint density at radius 3 is 1.00 bits per heavy atom. The van der Waals surface area contributed by atoms with Crippen LogP contribution in [0.5, 0.6) is 0 Å². The Bertz CT molecular complexity index is 231. The molecule has 0 rings (SSSR count). The van der Waals surface area contributed by atoms with Gasteiger partial charge in [0, 0.05) is 10.8 Å². The standard InChI is InChI=1S/C17H36O3/c1-7-13(18)16(9-3,10-4)15(20)17(11-5,12-6)14(19)8-2/h13-15,18-20H,7-12H2,1-6H3. The Balaban J connectivity index is 5.76. The number of aliphatic hydroxyl groups excluding tert-OH is 3. The van der Waals surface area contributed by atoms with Gasteiger partial charge in [-0.1, -0.05) is 41.5 Å². The summed E-state index contributed by atoms with van der Waals surface area (Å²) in [7, 11) is 0. The zero-order valence-electron chi connectivity index (χ0n) is 14.3. The number of hydrogen-bond acceptors (Lipinski definition) is 3. The summed E-state index contributed by atoms with van der Waals surface area (Å²) in [6, 6.07) is 0. The average Bonchev–Trinajstić information content (AvgIpc) is 2.50. The van der Waals surface area contributed by atoms with Crippen molar-refractivity contribution in [3.63, 3.8) is 0 Å². The van der Waals surface area contributed by atoms with E-state index >= 15 is 0 Å². The summed E-state index contributed by atoms with van der Waals surface area (Å²) < 4.78 is 0. The second kappa shape index (κ2) is 8.35. The molecule has 0 radical (unpaired) electrons. The lowest BCUT2D eigenvalue weighted by atomic mass is 9.58. The van der Waals surface area contributed by atoms with Gasteiger partial charge in [0.2, 0.25) is 0 Å². The number of aliphatic hydroxyl groups is 3. The first-order valence-corrected chi connectivity index (χ1v) is 8.40.